The standard InChI is InChI=1S/C17H19NO6/c1-4-18(5-2)13-7-6-12-8-14(17(21)24-15(12)9-13)16(20)23-10-22-11(3)19/h6-9H,4-5,10H2,1-3H3. The Morgan fingerprint density at radius 1 is 1.12 bits per heavy atom. The second-order valence-corrected chi connectivity index (χ2v) is 5.03. The Morgan fingerprint density at radius 2 is 1.83 bits per heavy atom. The zero-order valence-corrected chi connectivity index (χ0v) is 13.8. The molecule has 128 valence electrons. The highest BCUT2D eigenvalue weighted by molar-refractivity contribution is 5.93. The van der Waals surface area contributed by atoms with Crippen LogP contribution in [0.25, 0.3) is 11.0 Å². The van der Waals surface area contributed by atoms with Crippen molar-refractivity contribution in [1.82, 2.24) is 0 Å². The van der Waals surface area contributed by atoms with Crippen LogP contribution < -0.4 is 10.5 Å². The van der Waals surface area contributed by atoms with Crippen molar-refractivity contribution < 1.29 is 23.5 Å². The predicted molar refractivity (Wildman–Crippen MR) is 88.1 cm³/mol. The van der Waals surface area contributed by atoms with Crippen molar-refractivity contribution in [2.45, 2.75) is 20.8 Å². The molecular weight excluding hydrogens is 314 g/mol. The summed E-state index contributed by atoms with van der Waals surface area (Å²) in [6, 6.07) is 6.83. The fourth-order valence-electron chi connectivity index (χ4n) is 2.27. The molecule has 0 unspecified atom stereocenters. The van der Waals surface area contributed by atoms with E-state index in [0.717, 1.165) is 18.8 Å². The number of anilines is 1. The van der Waals surface area contributed by atoms with E-state index in [1.165, 1.54) is 13.0 Å². The maximum Gasteiger partial charge on any atom is 0.351 e. The summed E-state index contributed by atoms with van der Waals surface area (Å²) < 4.78 is 14.5. The van der Waals surface area contributed by atoms with Crippen molar-refractivity contribution in [2.75, 3.05) is 24.8 Å². The molecule has 0 radical (unpaired) electrons. The molecule has 0 atom stereocenters. The maximum absolute atomic E-state index is 12.0. The monoisotopic (exact) mass is 333 g/mol. The van der Waals surface area contributed by atoms with Gasteiger partial charge >= 0.3 is 17.6 Å². The molecule has 2 aromatic rings. The molecule has 7 nitrogen and oxygen atoms in total. The molecule has 0 spiro atoms. The highest BCUT2D eigenvalue weighted by Gasteiger charge is 2.16. The van der Waals surface area contributed by atoms with Gasteiger partial charge < -0.3 is 18.8 Å². The lowest BCUT2D eigenvalue weighted by Gasteiger charge is -2.20. The molecule has 0 aliphatic carbocycles. The van der Waals surface area contributed by atoms with Crippen molar-refractivity contribution in [3.05, 3.63) is 40.2 Å². The zero-order valence-electron chi connectivity index (χ0n) is 13.8. The first kappa shape index (κ1) is 17.5. The van der Waals surface area contributed by atoms with Gasteiger partial charge in [-0.15, -0.1) is 0 Å². The van der Waals surface area contributed by atoms with Crippen LogP contribution in [0.2, 0.25) is 0 Å². The van der Waals surface area contributed by atoms with E-state index in [1.807, 2.05) is 19.9 Å². The third kappa shape index (κ3) is 3.92. The topological polar surface area (TPSA) is 86.0 Å². The minimum Gasteiger partial charge on any atom is -0.428 e. The lowest BCUT2D eigenvalue weighted by Crippen LogP contribution is -2.22. The quantitative estimate of drug-likeness (QED) is 0.455. The third-order valence-corrected chi connectivity index (χ3v) is 3.52. The molecule has 0 fully saturated rings. The molecule has 0 saturated heterocycles. The highest BCUT2D eigenvalue weighted by atomic mass is 16.7. The molecule has 2 rings (SSSR count). The molecule has 0 bridgehead atoms. The van der Waals surface area contributed by atoms with E-state index in [0.29, 0.717) is 11.0 Å². The average molecular weight is 333 g/mol. The number of rotatable bonds is 6. The first-order valence-corrected chi connectivity index (χ1v) is 7.59. The van der Waals surface area contributed by atoms with Gasteiger partial charge in [0.05, 0.1) is 0 Å². The second kappa shape index (κ2) is 7.63. The van der Waals surface area contributed by atoms with Gasteiger partial charge in [0.15, 0.2) is 0 Å². The second-order valence-electron chi connectivity index (χ2n) is 5.03. The van der Waals surface area contributed by atoms with Crippen LogP contribution in [0.1, 0.15) is 31.1 Å². The van der Waals surface area contributed by atoms with E-state index < -0.39 is 24.4 Å². The number of benzene rings is 1. The van der Waals surface area contributed by atoms with Gasteiger partial charge in [-0.1, -0.05) is 0 Å². The molecule has 0 amide bonds. The van der Waals surface area contributed by atoms with Gasteiger partial charge in [-0.25, -0.2) is 9.59 Å². The van der Waals surface area contributed by atoms with Crippen molar-refractivity contribution in [3.63, 3.8) is 0 Å². The normalized spacial score (nSPS) is 10.5. The smallest absolute Gasteiger partial charge is 0.351 e. The molecule has 0 aliphatic heterocycles. The van der Waals surface area contributed by atoms with Crippen molar-refractivity contribution in [1.29, 1.82) is 0 Å². The van der Waals surface area contributed by atoms with E-state index in [-0.39, 0.29) is 5.56 Å². The fourth-order valence-corrected chi connectivity index (χ4v) is 2.27. The van der Waals surface area contributed by atoms with Crippen LogP contribution in [-0.4, -0.2) is 31.8 Å². The van der Waals surface area contributed by atoms with Crippen LogP contribution in [-0.2, 0) is 14.3 Å². The van der Waals surface area contributed by atoms with Crippen LogP contribution in [0.3, 0.4) is 0 Å². The molecule has 1 heterocycles. The minimum atomic E-state index is -0.903. The van der Waals surface area contributed by atoms with Gasteiger partial charge in [0.25, 0.3) is 0 Å². The Bertz CT molecular complexity index is 806. The summed E-state index contributed by atoms with van der Waals surface area (Å²) in [6.07, 6.45) is 0. The van der Waals surface area contributed by atoms with Gasteiger partial charge in [-0.05, 0) is 32.0 Å². The van der Waals surface area contributed by atoms with Gasteiger partial charge in [0.1, 0.15) is 11.1 Å². The highest BCUT2D eigenvalue weighted by Crippen LogP contribution is 2.22. The molecular formula is C17H19NO6. The maximum atomic E-state index is 12.0. The number of hydrogen-bond acceptors (Lipinski definition) is 7. The number of carbonyl (C=O) groups is 2. The van der Waals surface area contributed by atoms with Gasteiger partial charge in [-0.2, -0.15) is 0 Å². The predicted octanol–water partition coefficient (Wildman–Crippen LogP) is 2.32. The van der Waals surface area contributed by atoms with Gasteiger partial charge in [0.2, 0.25) is 6.79 Å². The zero-order chi connectivity index (χ0) is 17.7. The Kier molecular flexibility index (Phi) is 5.57. The Balaban J connectivity index is 2.30. The molecule has 0 saturated carbocycles. The third-order valence-electron chi connectivity index (χ3n) is 3.52. The van der Waals surface area contributed by atoms with E-state index in [9.17, 15) is 14.4 Å². The molecule has 24 heavy (non-hydrogen) atoms. The number of fused-ring (bicyclic) bond motifs is 1. The van der Waals surface area contributed by atoms with Crippen LogP contribution in [0.5, 0.6) is 0 Å². The summed E-state index contributed by atoms with van der Waals surface area (Å²) >= 11 is 0. The van der Waals surface area contributed by atoms with E-state index in [1.54, 1.807) is 12.1 Å². The SMILES string of the molecule is CCN(CC)c1ccc2cc(C(=O)OCOC(C)=O)c(=O)oc2c1. The number of ether oxygens (including phenoxy) is 2. The Hall–Kier alpha value is -2.83. The lowest BCUT2D eigenvalue weighted by molar-refractivity contribution is -0.149. The van der Waals surface area contributed by atoms with Crippen molar-refractivity contribution >= 4 is 28.6 Å². The van der Waals surface area contributed by atoms with E-state index in [2.05, 4.69) is 9.64 Å². The summed E-state index contributed by atoms with van der Waals surface area (Å²) in [6.45, 7) is 6.36. The first-order chi connectivity index (χ1) is 11.5. The molecule has 7 heteroatoms. The summed E-state index contributed by atoms with van der Waals surface area (Å²) in [5, 5.41) is 0.602. The number of hydrogen-bond donors (Lipinski definition) is 0. The van der Waals surface area contributed by atoms with Crippen molar-refractivity contribution in [2.24, 2.45) is 0 Å². The Morgan fingerprint density at radius 3 is 2.46 bits per heavy atom. The number of nitrogens with zero attached hydrogens (tertiary/aromatic N) is 1. The minimum absolute atomic E-state index is 0.245. The van der Waals surface area contributed by atoms with Gasteiger partial charge in [0, 0.05) is 37.2 Å². The lowest BCUT2D eigenvalue weighted by atomic mass is 10.1. The van der Waals surface area contributed by atoms with Crippen LogP contribution in [0.15, 0.2) is 33.5 Å². The summed E-state index contributed by atoms with van der Waals surface area (Å²) in [7, 11) is 0. The van der Waals surface area contributed by atoms with E-state index in [4.69, 9.17) is 9.15 Å². The van der Waals surface area contributed by atoms with Crippen LogP contribution in [0, 0.1) is 0 Å². The fraction of sp³-hybridized carbons (Fsp3) is 0.353. The largest absolute Gasteiger partial charge is 0.428 e. The van der Waals surface area contributed by atoms with E-state index >= 15 is 0 Å². The molecule has 0 N–H and O–H groups in total. The van der Waals surface area contributed by atoms with Crippen molar-refractivity contribution in [3.8, 4) is 0 Å². The van der Waals surface area contributed by atoms with Gasteiger partial charge in [-0.3, -0.25) is 4.79 Å². The summed E-state index contributed by atoms with van der Waals surface area (Å²) in [5.41, 5.74) is 0.277. The summed E-state index contributed by atoms with van der Waals surface area (Å²) in [4.78, 5) is 36.6. The van der Waals surface area contributed by atoms with Crippen LogP contribution >= 0.6 is 0 Å². The number of carbonyl (C=O) groups excluding carboxylic acids is 2. The average Bonchev–Trinajstić information content (AvgIpc) is 2.54. The summed E-state index contributed by atoms with van der Waals surface area (Å²) in [5.74, 6) is -1.49. The molecule has 0 aliphatic rings. The first-order valence-electron chi connectivity index (χ1n) is 7.59. The molecule has 1 aromatic carbocycles. The number of esters is 2. The van der Waals surface area contributed by atoms with Crippen LogP contribution in [0.4, 0.5) is 5.69 Å². The Labute approximate surface area is 138 Å². The molecule has 1 aromatic heterocycles.